The molecular formula is C23H27Cl2N3O3. The third-order valence-electron chi connectivity index (χ3n) is 5.29. The first-order valence-corrected chi connectivity index (χ1v) is 11.1. The maximum absolute atomic E-state index is 12.8. The molecule has 8 heteroatoms. The van der Waals surface area contributed by atoms with Gasteiger partial charge < -0.3 is 25.0 Å². The number of hydrogen-bond donors (Lipinski definition) is 3. The van der Waals surface area contributed by atoms with Gasteiger partial charge in [-0.3, -0.25) is 0 Å². The minimum Gasteiger partial charge on any atom is -0.494 e. The number of aromatic amines is 1. The van der Waals surface area contributed by atoms with Crippen LogP contribution in [0.1, 0.15) is 36.7 Å². The quantitative estimate of drug-likeness (QED) is 0.490. The summed E-state index contributed by atoms with van der Waals surface area (Å²) in [5, 5.41) is 15.0. The van der Waals surface area contributed by atoms with Crippen molar-refractivity contribution >= 4 is 40.1 Å². The minimum absolute atomic E-state index is 0.194. The fraction of sp³-hybridized carbons (Fsp3) is 0.348. The van der Waals surface area contributed by atoms with Crippen molar-refractivity contribution in [2.24, 2.45) is 0 Å². The van der Waals surface area contributed by atoms with Crippen LogP contribution in [0.2, 0.25) is 10.0 Å². The predicted octanol–water partition coefficient (Wildman–Crippen LogP) is 5.31. The molecule has 2 heterocycles. The Hall–Kier alpha value is -2.41. The van der Waals surface area contributed by atoms with Crippen molar-refractivity contribution in [3.63, 3.8) is 0 Å². The van der Waals surface area contributed by atoms with E-state index < -0.39 is 6.04 Å². The zero-order valence-corrected chi connectivity index (χ0v) is 19.3. The zero-order valence-electron chi connectivity index (χ0n) is 17.8. The molecule has 1 aromatic heterocycles. The van der Waals surface area contributed by atoms with Crippen molar-refractivity contribution in [2.75, 3.05) is 20.3 Å². The number of aromatic nitrogens is 1. The van der Waals surface area contributed by atoms with E-state index >= 15 is 0 Å². The van der Waals surface area contributed by atoms with Crippen LogP contribution in [0.4, 0.5) is 4.79 Å². The van der Waals surface area contributed by atoms with E-state index in [0.29, 0.717) is 35.3 Å². The highest BCUT2D eigenvalue weighted by molar-refractivity contribution is 6.33. The first kappa shape index (κ1) is 23.3. The van der Waals surface area contributed by atoms with E-state index in [0.717, 1.165) is 27.7 Å². The number of rotatable bonds is 4. The van der Waals surface area contributed by atoms with E-state index in [2.05, 4.69) is 10.3 Å². The molecule has 0 radical (unpaired) electrons. The lowest BCUT2D eigenvalue weighted by molar-refractivity contribution is 0.125. The third kappa shape index (κ3) is 4.61. The van der Waals surface area contributed by atoms with Crippen LogP contribution in [0.15, 0.2) is 36.4 Å². The van der Waals surface area contributed by atoms with Crippen LogP contribution >= 0.6 is 23.2 Å². The number of ether oxygens (including phenoxy) is 1. The highest BCUT2D eigenvalue weighted by Gasteiger charge is 2.34. The van der Waals surface area contributed by atoms with Crippen LogP contribution in [0.3, 0.4) is 0 Å². The molecule has 0 spiro atoms. The number of carbonyl (C=O) groups is 1. The van der Waals surface area contributed by atoms with Crippen LogP contribution < -0.4 is 10.1 Å². The monoisotopic (exact) mass is 463 g/mol. The molecule has 0 saturated carbocycles. The second kappa shape index (κ2) is 10.3. The highest BCUT2D eigenvalue weighted by atomic mass is 35.5. The SMILES string of the molecule is CC.COc1c(Cl)ccc2[nH]c3c(c12)CCN(C(=O)NCc1cccc(Cl)c1)C3CO. The first-order chi connectivity index (χ1) is 15.0. The Bertz CT molecular complexity index is 1070. The van der Waals surface area contributed by atoms with Gasteiger partial charge in [0.1, 0.15) is 5.75 Å². The summed E-state index contributed by atoms with van der Waals surface area (Å²) in [6.45, 7) is 4.64. The van der Waals surface area contributed by atoms with Gasteiger partial charge in [0, 0.05) is 34.7 Å². The van der Waals surface area contributed by atoms with Crippen LogP contribution in [0.5, 0.6) is 5.75 Å². The number of amides is 2. The Morgan fingerprint density at radius 1 is 1.29 bits per heavy atom. The van der Waals surface area contributed by atoms with Gasteiger partial charge in [0.05, 0.1) is 24.8 Å². The van der Waals surface area contributed by atoms with Crippen molar-refractivity contribution < 1.29 is 14.6 Å². The van der Waals surface area contributed by atoms with Gasteiger partial charge in [-0.25, -0.2) is 4.79 Å². The molecule has 0 bridgehead atoms. The molecule has 166 valence electrons. The zero-order chi connectivity index (χ0) is 22.5. The predicted molar refractivity (Wildman–Crippen MR) is 125 cm³/mol. The molecular weight excluding hydrogens is 437 g/mol. The maximum atomic E-state index is 12.8. The Morgan fingerprint density at radius 3 is 2.74 bits per heavy atom. The average molecular weight is 464 g/mol. The summed E-state index contributed by atoms with van der Waals surface area (Å²) in [4.78, 5) is 17.8. The fourth-order valence-electron chi connectivity index (χ4n) is 3.96. The van der Waals surface area contributed by atoms with Gasteiger partial charge in [-0.15, -0.1) is 0 Å². The number of nitrogens with zero attached hydrogens (tertiary/aromatic N) is 1. The number of aliphatic hydroxyl groups excluding tert-OH is 1. The lowest BCUT2D eigenvalue weighted by Crippen LogP contribution is -2.46. The largest absolute Gasteiger partial charge is 0.494 e. The molecule has 3 aromatic rings. The molecule has 3 N–H and O–H groups in total. The molecule has 0 aliphatic carbocycles. The van der Waals surface area contributed by atoms with Crippen molar-refractivity contribution in [1.29, 1.82) is 0 Å². The molecule has 2 amide bonds. The number of halogens is 2. The van der Waals surface area contributed by atoms with E-state index in [1.807, 2.05) is 38.1 Å². The number of methoxy groups -OCH3 is 1. The molecule has 1 aliphatic rings. The molecule has 1 unspecified atom stereocenters. The first-order valence-electron chi connectivity index (χ1n) is 10.3. The average Bonchev–Trinajstić information content (AvgIpc) is 3.17. The summed E-state index contributed by atoms with van der Waals surface area (Å²) in [7, 11) is 1.59. The van der Waals surface area contributed by atoms with Gasteiger partial charge in [-0.1, -0.05) is 49.2 Å². The second-order valence-electron chi connectivity index (χ2n) is 6.95. The molecule has 2 aromatic carbocycles. The van der Waals surface area contributed by atoms with Gasteiger partial charge in [0.2, 0.25) is 0 Å². The molecule has 6 nitrogen and oxygen atoms in total. The number of hydrogen-bond acceptors (Lipinski definition) is 3. The van der Waals surface area contributed by atoms with Gasteiger partial charge in [-0.2, -0.15) is 0 Å². The standard InChI is InChI=1S/C21H21Cl2N3O3.C2H6/c1-29-20-15(23)5-6-16-18(20)14-7-8-26(17(11-27)19(14)25-16)21(28)24-10-12-3-2-4-13(22)9-12;1-2/h2-6,9,17,25,27H,7-8,10-11H2,1H3,(H,24,28);1-2H3. The number of nitrogens with one attached hydrogen (secondary N) is 2. The maximum Gasteiger partial charge on any atom is 0.318 e. The summed E-state index contributed by atoms with van der Waals surface area (Å²) >= 11 is 12.3. The summed E-state index contributed by atoms with van der Waals surface area (Å²) in [5.74, 6) is 0.609. The summed E-state index contributed by atoms with van der Waals surface area (Å²) in [5.41, 5.74) is 3.62. The van der Waals surface area contributed by atoms with Crippen LogP contribution in [-0.4, -0.2) is 41.3 Å². The smallest absolute Gasteiger partial charge is 0.318 e. The van der Waals surface area contributed by atoms with Crippen molar-refractivity contribution in [2.45, 2.75) is 32.9 Å². The minimum atomic E-state index is -0.478. The molecule has 31 heavy (non-hydrogen) atoms. The molecule has 0 saturated heterocycles. The molecule has 4 rings (SSSR count). The summed E-state index contributed by atoms with van der Waals surface area (Å²) in [6.07, 6.45) is 0.632. The summed E-state index contributed by atoms with van der Waals surface area (Å²) in [6, 6.07) is 10.3. The highest BCUT2D eigenvalue weighted by Crippen LogP contribution is 2.41. The second-order valence-corrected chi connectivity index (χ2v) is 7.79. The van der Waals surface area contributed by atoms with Gasteiger partial charge in [0.15, 0.2) is 0 Å². The van der Waals surface area contributed by atoms with Crippen molar-refractivity contribution in [3.8, 4) is 5.75 Å². The number of aliphatic hydroxyl groups is 1. The Balaban J connectivity index is 0.00000132. The number of carbonyl (C=O) groups excluding carboxylic acids is 1. The van der Waals surface area contributed by atoms with Crippen LogP contribution in [0, 0.1) is 0 Å². The fourth-order valence-corrected chi connectivity index (χ4v) is 4.41. The van der Waals surface area contributed by atoms with Crippen LogP contribution in [0.25, 0.3) is 10.9 Å². The molecule has 1 aliphatic heterocycles. The summed E-state index contributed by atoms with van der Waals surface area (Å²) < 4.78 is 5.50. The van der Waals surface area contributed by atoms with Gasteiger partial charge >= 0.3 is 6.03 Å². The normalized spacial score (nSPS) is 15.2. The van der Waals surface area contributed by atoms with E-state index in [-0.39, 0.29) is 12.6 Å². The Morgan fingerprint density at radius 2 is 2.06 bits per heavy atom. The van der Waals surface area contributed by atoms with E-state index in [1.54, 1.807) is 24.1 Å². The Labute approximate surface area is 192 Å². The number of fused-ring (bicyclic) bond motifs is 3. The van der Waals surface area contributed by atoms with Crippen LogP contribution in [-0.2, 0) is 13.0 Å². The van der Waals surface area contributed by atoms with Crippen molar-refractivity contribution in [1.82, 2.24) is 15.2 Å². The van der Waals surface area contributed by atoms with E-state index in [1.165, 1.54) is 0 Å². The van der Waals surface area contributed by atoms with Gasteiger partial charge in [0.25, 0.3) is 0 Å². The Kier molecular flexibility index (Phi) is 7.70. The molecule has 0 fully saturated rings. The topological polar surface area (TPSA) is 77.6 Å². The lowest BCUT2D eigenvalue weighted by atomic mass is 9.97. The molecule has 1 atom stereocenters. The van der Waals surface area contributed by atoms with E-state index in [4.69, 9.17) is 27.9 Å². The van der Waals surface area contributed by atoms with Crippen molar-refractivity contribution in [3.05, 3.63) is 63.3 Å². The number of H-pyrrole nitrogens is 1. The number of urea groups is 1. The van der Waals surface area contributed by atoms with E-state index in [9.17, 15) is 9.90 Å². The van der Waals surface area contributed by atoms with Gasteiger partial charge in [-0.05, 0) is 41.8 Å². The third-order valence-corrected chi connectivity index (χ3v) is 5.82. The number of benzene rings is 2. The lowest BCUT2D eigenvalue weighted by Gasteiger charge is -2.34.